The molecule has 1 aliphatic carbocycles. The summed E-state index contributed by atoms with van der Waals surface area (Å²) in [6, 6.07) is 12.8. The summed E-state index contributed by atoms with van der Waals surface area (Å²) in [5.74, 6) is 0.703. The third-order valence-corrected chi connectivity index (χ3v) is 7.62. The summed E-state index contributed by atoms with van der Waals surface area (Å²) in [6.07, 6.45) is 2.27. The zero-order valence-electron chi connectivity index (χ0n) is 22.1. The van der Waals surface area contributed by atoms with Gasteiger partial charge in [0.2, 0.25) is 0 Å². The summed E-state index contributed by atoms with van der Waals surface area (Å²) in [6.45, 7) is 1.65. The van der Waals surface area contributed by atoms with Gasteiger partial charge in [-0.15, -0.1) is 0 Å². The Balaban J connectivity index is 1.16. The molecule has 0 spiro atoms. The number of fused-ring (bicyclic) bond motifs is 2. The standard InChI is InChI=1S/C31H30F2O7/c1-35-30(34)14-18-17-37-29-16-21(2-4-22(18)29)39-28-8-5-23-26(9-6-24(32)31(23)28)40-27-7-3-20(15-25(27)33)38-19-10-12-36-13-11-19/h2-4,6-7,9,15-16,18-19,28H,5,8,10-14,17H2,1H3/t18?,28-/m1/s1. The number of esters is 1. The number of ether oxygens (including phenoxy) is 6. The average molecular weight is 553 g/mol. The van der Waals surface area contributed by atoms with Crippen LogP contribution in [0.2, 0.25) is 0 Å². The Labute approximate surface area is 230 Å². The molecule has 0 saturated carbocycles. The fraction of sp³-hybridized carbons (Fsp3) is 0.387. The van der Waals surface area contributed by atoms with Gasteiger partial charge in [-0.1, -0.05) is 6.07 Å². The monoisotopic (exact) mass is 552 g/mol. The maximum atomic E-state index is 15.0. The highest BCUT2D eigenvalue weighted by Gasteiger charge is 2.32. The number of carbonyl (C=O) groups excluding carboxylic acids is 1. The maximum absolute atomic E-state index is 15.0. The molecule has 2 aliphatic heterocycles. The van der Waals surface area contributed by atoms with Crippen molar-refractivity contribution in [1.82, 2.24) is 0 Å². The molecule has 2 heterocycles. The zero-order chi connectivity index (χ0) is 27.6. The first-order chi connectivity index (χ1) is 19.5. The molecule has 3 aliphatic rings. The summed E-state index contributed by atoms with van der Waals surface area (Å²) in [5.41, 5.74) is 1.97. The van der Waals surface area contributed by atoms with Crippen molar-refractivity contribution in [3.05, 3.63) is 76.9 Å². The molecule has 2 atom stereocenters. The molecular formula is C31H30F2O7. The quantitative estimate of drug-likeness (QED) is 0.299. The van der Waals surface area contributed by atoms with Gasteiger partial charge in [0.1, 0.15) is 41.0 Å². The van der Waals surface area contributed by atoms with E-state index in [1.807, 2.05) is 6.07 Å². The first-order valence-corrected chi connectivity index (χ1v) is 13.5. The molecule has 1 fully saturated rings. The smallest absolute Gasteiger partial charge is 0.306 e. The van der Waals surface area contributed by atoms with Gasteiger partial charge in [0.05, 0.1) is 33.4 Å². The van der Waals surface area contributed by atoms with Gasteiger partial charge < -0.3 is 28.4 Å². The SMILES string of the molecule is COC(=O)CC1COc2cc(O[C@@H]3CCc4c(Oc5ccc(OC6CCOCC6)cc5F)ccc(F)c43)ccc21. The number of carbonyl (C=O) groups is 1. The minimum atomic E-state index is -0.558. The van der Waals surface area contributed by atoms with Gasteiger partial charge in [0, 0.05) is 47.6 Å². The summed E-state index contributed by atoms with van der Waals surface area (Å²) in [7, 11) is 1.36. The third kappa shape index (κ3) is 5.43. The van der Waals surface area contributed by atoms with E-state index in [9.17, 15) is 9.18 Å². The van der Waals surface area contributed by atoms with E-state index >= 15 is 4.39 Å². The van der Waals surface area contributed by atoms with E-state index in [1.54, 1.807) is 18.2 Å². The van der Waals surface area contributed by atoms with E-state index in [1.165, 1.54) is 31.4 Å². The van der Waals surface area contributed by atoms with Gasteiger partial charge in [-0.3, -0.25) is 4.79 Å². The summed E-state index contributed by atoms with van der Waals surface area (Å²) >= 11 is 0. The Morgan fingerprint density at radius 1 is 0.925 bits per heavy atom. The average Bonchev–Trinajstić information content (AvgIpc) is 3.57. The van der Waals surface area contributed by atoms with Gasteiger partial charge >= 0.3 is 5.97 Å². The van der Waals surface area contributed by atoms with Crippen molar-refractivity contribution in [3.8, 4) is 28.7 Å². The molecule has 3 aromatic carbocycles. The lowest BCUT2D eigenvalue weighted by molar-refractivity contribution is -0.141. The molecule has 40 heavy (non-hydrogen) atoms. The molecule has 0 amide bonds. The predicted octanol–water partition coefficient (Wildman–Crippen LogP) is 6.42. The van der Waals surface area contributed by atoms with E-state index < -0.39 is 17.7 Å². The van der Waals surface area contributed by atoms with Crippen LogP contribution < -0.4 is 18.9 Å². The Hall–Kier alpha value is -3.85. The van der Waals surface area contributed by atoms with E-state index in [0.717, 1.165) is 18.4 Å². The Bertz CT molecular complexity index is 1400. The van der Waals surface area contributed by atoms with Crippen molar-refractivity contribution in [2.75, 3.05) is 26.9 Å². The van der Waals surface area contributed by atoms with Gasteiger partial charge in [-0.2, -0.15) is 0 Å². The number of halogens is 2. The molecule has 210 valence electrons. The second-order valence-corrected chi connectivity index (χ2v) is 10.2. The highest BCUT2D eigenvalue weighted by molar-refractivity contribution is 5.71. The first kappa shape index (κ1) is 26.4. The maximum Gasteiger partial charge on any atom is 0.306 e. The van der Waals surface area contributed by atoms with Gasteiger partial charge in [-0.05, 0) is 43.2 Å². The van der Waals surface area contributed by atoms with Gasteiger partial charge in [0.15, 0.2) is 11.6 Å². The normalized spacial score (nSPS) is 19.9. The van der Waals surface area contributed by atoms with Crippen molar-refractivity contribution in [2.24, 2.45) is 0 Å². The zero-order valence-corrected chi connectivity index (χ0v) is 22.1. The molecule has 6 rings (SSSR count). The molecule has 7 nitrogen and oxygen atoms in total. The molecule has 9 heteroatoms. The van der Waals surface area contributed by atoms with Crippen molar-refractivity contribution in [1.29, 1.82) is 0 Å². The lowest BCUT2D eigenvalue weighted by Crippen LogP contribution is -2.25. The van der Waals surface area contributed by atoms with Crippen LogP contribution in [0.5, 0.6) is 28.7 Å². The van der Waals surface area contributed by atoms with Crippen LogP contribution in [-0.2, 0) is 20.7 Å². The number of rotatable bonds is 8. The third-order valence-electron chi connectivity index (χ3n) is 7.62. The highest BCUT2D eigenvalue weighted by atomic mass is 19.1. The minimum absolute atomic E-state index is 0.00394. The van der Waals surface area contributed by atoms with Crippen LogP contribution >= 0.6 is 0 Å². The number of methoxy groups -OCH3 is 1. The van der Waals surface area contributed by atoms with Crippen LogP contribution in [0.1, 0.15) is 54.4 Å². The van der Waals surface area contributed by atoms with Gasteiger partial charge in [-0.25, -0.2) is 8.78 Å². The van der Waals surface area contributed by atoms with Crippen LogP contribution in [-0.4, -0.2) is 39.0 Å². The fourth-order valence-electron chi connectivity index (χ4n) is 5.55. The molecule has 0 radical (unpaired) electrons. The predicted molar refractivity (Wildman–Crippen MR) is 140 cm³/mol. The highest BCUT2D eigenvalue weighted by Crippen LogP contribution is 2.44. The molecule has 0 N–H and O–H groups in total. The van der Waals surface area contributed by atoms with Crippen LogP contribution in [0.4, 0.5) is 8.78 Å². The van der Waals surface area contributed by atoms with Crippen LogP contribution in [0.3, 0.4) is 0 Å². The van der Waals surface area contributed by atoms with E-state index in [-0.39, 0.29) is 30.2 Å². The lowest BCUT2D eigenvalue weighted by atomic mass is 9.98. The Morgan fingerprint density at radius 3 is 2.50 bits per heavy atom. The molecule has 0 bridgehead atoms. The van der Waals surface area contributed by atoms with Crippen LogP contribution in [0.15, 0.2) is 48.5 Å². The Morgan fingerprint density at radius 2 is 1.70 bits per heavy atom. The topological polar surface area (TPSA) is 72.5 Å². The van der Waals surface area contributed by atoms with Crippen molar-refractivity contribution in [2.45, 2.75) is 50.2 Å². The van der Waals surface area contributed by atoms with Crippen molar-refractivity contribution < 1.29 is 42.0 Å². The summed E-state index contributed by atoms with van der Waals surface area (Å²) < 4.78 is 63.9. The van der Waals surface area contributed by atoms with Crippen molar-refractivity contribution >= 4 is 5.97 Å². The molecule has 1 unspecified atom stereocenters. The van der Waals surface area contributed by atoms with Crippen molar-refractivity contribution in [3.63, 3.8) is 0 Å². The van der Waals surface area contributed by atoms with E-state index in [0.29, 0.717) is 66.8 Å². The number of hydrogen-bond acceptors (Lipinski definition) is 7. The second kappa shape index (κ2) is 11.3. The molecule has 0 aromatic heterocycles. The van der Waals surface area contributed by atoms with Gasteiger partial charge in [0.25, 0.3) is 0 Å². The first-order valence-electron chi connectivity index (χ1n) is 13.5. The number of benzene rings is 3. The van der Waals surface area contributed by atoms with E-state index in [4.69, 9.17) is 28.4 Å². The summed E-state index contributed by atoms with van der Waals surface area (Å²) in [4.78, 5) is 11.7. The minimum Gasteiger partial charge on any atom is -0.492 e. The fourth-order valence-corrected chi connectivity index (χ4v) is 5.55. The molecule has 3 aromatic rings. The Kier molecular flexibility index (Phi) is 7.47. The second-order valence-electron chi connectivity index (χ2n) is 10.2. The molecular weight excluding hydrogens is 522 g/mol. The van der Waals surface area contributed by atoms with E-state index in [2.05, 4.69) is 0 Å². The lowest BCUT2D eigenvalue weighted by Gasteiger charge is -2.23. The summed E-state index contributed by atoms with van der Waals surface area (Å²) in [5, 5.41) is 0. The van der Waals surface area contributed by atoms with Crippen LogP contribution in [0, 0.1) is 11.6 Å². The van der Waals surface area contributed by atoms with Crippen LogP contribution in [0.25, 0.3) is 0 Å². The molecule has 1 saturated heterocycles. The largest absolute Gasteiger partial charge is 0.492 e. The number of hydrogen-bond donors (Lipinski definition) is 0.